The van der Waals surface area contributed by atoms with Crippen LogP contribution in [0, 0.1) is 0 Å². The summed E-state index contributed by atoms with van der Waals surface area (Å²) in [7, 11) is 1.59. The second-order valence-corrected chi connectivity index (χ2v) is 4.20. The molecule has 0 bridgehead atoms. The van der Waals surface area contributed by atoms with Crippen LogP contribution < -0.4 is 15.2 Å². The van der Waals surface area contributed by atoms with Crippen LogP contribution in [0.5, 0.6) is 11.5 Å². The topological polar surface area (TPSA) is 44.5 Å². The lowest BCUT2D eigenvalue weighted by atomic mass is 9.99. The number of benzene rings is 2. The zero-order valence-corrected chi connectivity index (χ0v) is 10.9. The molecule has 0 aliphatic carbocycles. The average molecular weight is 279 g/mol. The summed E-state index contributed by atoms with van der Waals surface area (Å²) >= 11 is 0. The van der Waals surface area contributed by atoms with Crippen molar-refractivity contribution in [1.82, 2.24) is 0 Å². The standard InChI is InChI=1S/C15H15F2NO2/c1-19-12-6-2-10(3-7-12)14(18)11-4-8-13(9-5-11)20-15(16)17/h2-9,14-15H,18H2,1H3. The van der Waals surface area contributed by atoms with Crippen LogP contribution in [0.3, 0.4) is 0 Å². The van der Waals surface area contributed by atoms with E-state index in [0.717, 1.165) is 16.9 Å². The molecule has 0 amide bonds. The Morgan fingerprint density at radius 3 is 1.70 bits per heavy atom. The molecule has 2 rings (SSSR count). The molecule has 0 aliphatic heterocycles. The number of methoxy groups -OCH3 is 1. The maximum atomic E-state index is 12.1. The maximum Gasteiger partial charge on any atom is 0.387 e. The monoisotopic (exact) mass is 279 g/mol. The molecule has 1 unspecified atom stereocenters. The third-order valence-corrected chi connectivity index (χ3v) is 2.94. The summed E-state index contributed by atoms with van der Waals surface area (Å²) in [6, 6.07) is 13.4. The van der Waals surface area contributed by atoms with Crippen LogP contribution in [-0.4, -0.2) is 13.7 Å². The second kappa shape index (κ2) is 6.34. The minimum absolute atomic E-state index is 0.116. The quantitative estimate of drug-likeness (QED) is 0.913. The van der Waals surface area contributed by atoms with Crippen LogP contribution >= 0.6 is 0 Å². The minimum atomic E-state index is -2.82. The summed E-state index contributed by atoms with van der Waals surface area (Å²) in [5, 5.41) is 0. The number of hydrogen-bond donors (Lipinski definition) is 1. The highest BCUT2D eigenvalue weighted by Crippen LogP contribution is 2.24. The van der Waals surface area contributed by atoms with Crippen LogP contribution in [0.1, 0.15) is 17.2 Å². The lowest BCUT2D eigenvalue weighted by Gasteiger charge is -2.14. The number of rotatable bonds is 5. The van der Waals surface area contributed by atoms with Crippen LogP contribution in [0.25, 0.3) is 0 Å². The summed E-state index contributed by atoms with van der Waals surface area (Å²) in [6.07, 6.45) is 0. The van der Waals surface area contributed by atoms with Crippen molar-refractivity contribution in [1.29, 1.82) is 0 Å². The molecule has 0 radical (unpaired) electrons. The predicted molar refractivity (Wildman–Crippen MR) is 72.1 cm³/mol. The van der Waals surface area contributed by atoms with Gasteiger partial charge in [-0.25, -0.2) is 0 Å². The highest BCUT2D eigenvalue weighted by Gasteiger charge is 2.10. The first kappa shape index (κ1) is 14.3. The van der Waals surface area contributed by atoms with Crippen molar-refractivity contribution in [3.05, 3.63) is 59.7 Å². The molecule has 0 saturated heterocycles. The van der Waals surface area contributed by atoms with E-state index >= 15 is 0 Å². The average Bonchev–Trinajstić information content (AvgIpc) is 2.47. The van der Waals surface area contributed by atoms with E-state index in [1.165, 1.54) is 12.1 Å². The molecule has 5 heteroatoms. The van der Waals surface area contributed by atoms with Gasteiger partial charge in [0.2, 0.25) is 0 Å². The molecule has 2 aromatic carbocycles. The van der Waals surface area contributed by atoms with Gasteiger partial charge >= 0.3 is 6.61 Å². The number of hydrogen-bond acceptors (Lipinski definition) is 3. The summed E-state index contributed by atoms with van der Waals surface area (Å²) in [5.74, 6) is 0.868. The van der Waals surface area contributed by atoms with Gasteiger partial charge in [0.1, 0.15) is 11.5 Å². The lowest BCUT2D eigenvalue weighted by molar-refractivity contribution is -0.0498. The minimum Gasteiger partial charge on any atom is -0.497 e. The molecule has 0 fully saturated rings. The summed E-state index contributed by atoms with van der Waals surface area (Å²) in [5.41, 5.74) is 7.86. The highest BCUT2D eigenvalue weighted by atomic mass is 19.3. The first-order valence-corrected chi connectivity index (χ1v) is 6.04. The fourth-order valence-corrected chi connectivity index (χ4v) is 1.86. The molecule has 106 valence electrons. The van der Waals surface area contributed by atoms with Gasteiger partial charge in [0.15, 0.2) is 0 Å². The molecule has 0 spiro atoms. The van der Waals surface area contributed by atoms with Gasteiger partial charge in [-0.2, -0.15) is 8.78 Å². The molecule has 2 N–H and O–H groups in total. The summed E-state index contributed by atoms with van der Waals surface area (Å²) < 4.78 is 33.5. The van der Waals surface area contributed by atoms with E-state index in [-0.39, 0.29) is 11.8 Å². The van der Waals surface area contributed by atoms with E-state index in [1.807, 2.05) is 24.3 Å². The molecule has 20 heavy (non-hydrogen) atoms. The van der Waals surface area contributed by atoms with E-state index in [4.69, 9.17) is 10.5 Å². The van der Waals surface area contributed by atoms with E-state index in [1.54, 1.807) is 19.2 Å². The van der Waals surface area contributed by atoms with Crippen molar-refractivity contribution in [2.24, 2.45) is 5.73 Å². The van der Waals surface area contributed by atoms with Crippen molar-refractivity contribution < 1.29 is 18.3 Å². The van der Waals surface area contributed by atoms with Gasteiger partial charge in [-0.15, -0.1) is 0 Å². The third-order valence-electron chi connectivity index (χ3n) is 2.94. The Balaban J connectivity index is 2.13. The van der Waals surface area contributed by atoms with E-state index in [0.29, 0.717) is 0 Å². The zero-order valence-electron chi connectivity index (χ0n) is 10.9. The zero-order chi connectivity index (χ0) is 14.5. The maximum absolute atomic E-state index is 12.1. The Kier molecular flexibility index (Phi) is 4.53. The van der Waals surface area contributed by atoms with Crippen molar-refractivity contribution in [2.45, 2.75) is 12.7 Å². The first-order chi connectivity index (χ1) is 9.60. The lowest BCUT2D eigenvalue weighted by Crippen LogP contribution is -2.11. The highest BCUT2D eigenvalue weighted by molar-refractivity contribution is 5.37. The Hall–Kier alpha value is -2.14. The molecule has 0 aromatic heterocycles. The van der Waals surface area contributed by atoms with Gasteiger partial charge in [-0.1, -0.05) is 24.3 Å². The van der Waals surface area contributed by atoms with Gasteiger partial charge < -0.3 is 15.2 Å². The SMILES string of the molecule is COc1ccc(C(N)c2ccc(OC(F)F)cc2)cc1. The van der Waals surface area contributed by atoms with Crippen molar-refractivity contribution >= 4 is 0 Å². The fraction of sp³-hybridized carbons (Fsp3) is 0.200. The van der Waals surface area contributed by atoms with Crippen LogP contribution in [-0.2, 0) is 0 Å². The van der Waals surface area contributed by atoms with Crippen molar-refractivity contribution in [3.8, 4) is 11.5 Å². The molecule has 0 aliphatic rings. The van der Waals surface area contributed by atoms with Gasteiger partial charge in [0, 0.05) is 0 Å². The second-order valence-electron chi connectivity index (χ2n) is 4.20. The summed E-state index contributed by atoms with van der Waals surface area (Å²) in [6.45, 7) is -2.82. The van der Waals surface area contributed by atoms with E-state index in [2.05, 4.69) is 4.74 Å². The normalized spacial score (nSPS) is 12.2. The molecule has 0 heterocycles. The van der Waals surface area contributed by atoms with Gasteiger partial charge in [0.25, 0.3) is 0 Å². The Morgan fingerprint density at radius 1 is 0.850 bits per heavy atom. The first-order valence-electron chi connectivity index (χ1n) is 6.04. The number of alkyl halides is 2. The largest absolute Gasteiger partial charge is 0.497 e. The molecule has 0 saturated carbocycles. The number of ether oxygens (including phenoxy) is 2. The van der Waals surface area contributed by atoms with E-state index in [9.17, 15) is 8.78 Å². The Bertz CT molecular complexity index is 541. The van der Waals surface area contributed by atoms with E-state index < -0.39 is 6.61 Å². The Labute approximate surface area is 115 Å². The molecular weight excluding hydrogens is 264 g/mol. The van der Waals surface area contributed by atoms with Crippen molar-refractivity contribution in [3.63, 3.8) is 0 Å². The fourth-order valence-electron chi connectivity index (χ4n) is 1.86. The number of nitrogens with two attached hydrogens (primary N) is 1. The van der Waals surface area contributed by atoms with Crippen LogP contribution in [0.4, 0.5) is 8.78 Å². The molecular formula is C15H15F2NO2. The Morgan fingerprint density at radius 2 is 1.30 bits per heavy atom. The third kappa shape index (κ3) is 3.45. The van der Waals surface area contributed by atoms with Gasteiger partial charge in [-0.3, -0.25) is 0 Å². The van der Waals surface area contributed by atoms with Crippen LogP contribution in [0.2, 0.25) is 0 Å². The summed E-state index contributed by atoms with van der Waals surface area (Å²) in [4.78, 5) is 0. The smallest absolute Gasteiger partial charge is 0.387 e. The number of halogens is 2. The van der Waals surface area contributed by atoms with Gasteiger partial charge in [-0.05, 0) is 35.4 Å². The van der Waals surface area contributed by atoms with Crippen LogP contribution in [0.15, 0.2) is 48.5 Å². The molecule has 2 aromatic rings. The molecule has 3 nitrogen and oxygen atoms in total. The molecule has 1 atom stereocenters. The predicted octanol–water partition coefficient (Wildman–Crippen LogP) is 3.34. The van der Waals surface area contributed by atoms with Gasteiger partial charge in [0.05, 0.1) is 13.2 Å². The van der Waals surface area contributed by atoms with Crippen molar-refractivity contribution in [2.75, 3.05) is 7.11 Å².